The third-order valence-corrected chi connectivity index (χ3v) is 3.60. The van der Waals surface area contributed by atoms with Crippen molar-refractivity contribution in [1.82, 2.24) is 15.4 Å². The highest BCUT2D eigenvalue weighted by Crippen LogP contribution is 2.19. The quantitative estimate of drug-likeness (QED) is 0.545. The lowest BCUT2D eigenvalue weighted by atomic mass is 10.2. The Kier molecular flexibility index (Phi) is 4.67. The molecule has 22 heavy (non-hydrogen) atoms. The van der Waals surface area contributed by atoms with Crippen LogP contribution in [-0.2, 0) is 16.0 Å². The molecule has 2 heterocycles. The molecule has 7 heteroatoms. The number of hydrogen-bond acceptors (Lipinski definition) is 5. The number of nitrogens with one attached hydrogen (secondary N) is 2. The number of hydrogen-bond donors (Lipinski definition) is 3. The second kappa shape index (κ2) is 6.87. The Morgan fingerprint density at radius 3 is 3.23 bits per heavy atom. The summed E-state index contributed by atoms with van der Waals surface area (Å²) in [6.45, 7) is 0.735. The largest absolute Gasteiger partial charge is 0.394 e. The van der Waals surface area contributed by atoms with E-state index in [1.54, 1.807) is 18.2 Å². The molecule has 3 rings (SSSR count). The third kappa shape index (κ3) is 3.44. The number of benzene rings is 1. The van der Waals surface area contributed by atoms with Crippen LogP contribution in [0.2, 0.25) is 0 Å². The van der Waals surface area contributed by atoms with Gasteiger partial charge in [-0.3, -0.25) is 9.63 Å². The van der Waals surface area contributed by atoms with E-state index in [0.717, 1.165) is 42.7 Å². The summed E-state index contributed by atoms with van der Waals surface area (Å²) in [5.74, 6) is 0.515. The van der Waals surface area contributed by atoms with Crippen molar-refractivity contribution >= 4 is 16.9 Å². The van der Waals surface area contributed by atoms with Gasteiger partial charge in [0, 0.05) is 18.6 Å². The second-order valence-corrected chi connectivity index (χ2v) is 5.26. The molecule has 1 atom stereocenters. The first-order valence-corrected chi connectivity index (χ1v) is 7.39. The van der Waals surface area contributed by atoms with Gasteiger partial charge >= 0.3 is 0 Å². The van der Waals surface area contributed by atoms with Crippen LogP contribution in [0.3, 0.4) is 0 Å². The van der Waals surface area contributed by atoms with Gasteiger partial charge in [-0.1, -0.05) is 0 Å². The van der Waals surface area contributed by atoms with Crippen LogP contribution in [0.1, 0.15) is 29.0 Å². The smallest absolute Gasteiger partial charge is 0.274 e. The summed E-state index contributed by atoms with van der Waals surface area (Å²) in [4.78, 5) is 24.4. The number of carbonyl (C=O) groups is 1. The molecule has 1 amide bonds. The van der Waals surface area contributed by atoms with Crippen LogP contribution in [0.25, 0.3) is 11.0 Å². The fraction of sp³-hybridized carbons (Fsp3) is 0.467. The number of ether oxygens (including phenoxy) is 1. The molecule has 1 fully saturated rings. The van der Waals surface area contributed by atoms with Crippen molar-refractivity contribution in [3.63, 3.8) is 0 Å². The maximum absolute atomic E-state index is 11.9. The van der Waals surface area contributed by atoms with Crippen LogP contribution in [0.15, 0.2) is 18.2 Å². The number of aromatic nitrogens is 2. The Balaban J connectivity index is 1.70. The number of amides is 1. The molecule has 0 spiro atoms. The van der Waals surface area contributed by atoms with Crippen LogP contribution >= 0.6 is 0 Å². The lowest BCUT2D eigenvalue weighted by Gasteiger charge is -2.05. The number of nitrogens with zero attached hydrogens (tertiary/aromatic N) is 1. The standard InChI is InChI=1S/C15H19N3O4/c19-5-7-22-18-15(20)10-3-4-12-13(8-10)17-14(16-12)9-11-2-1-6-21-11/h3-4,8,11,19H,1-2,5-7,9H2,(H,16,17)(H,18,20). The molecular formula is C15H19N3O4. The number of H-pyrrole nitrogens is 1. The van der Waals surface area contributed by atoms with E-state index in [9.17, 15) is 4.79 Å². The minimum atomic E-state index is -0.356. The van der Waals surface area contributed by atoms with Crippen LogP contribution in [-0.4, -0.2) is 46.9 Å². The normalized spacial score (nSPS) is 18.0. The third-order valence-electron chi connectivity index (χ3n) is 3.60. The maximum Gasteiger partial charge on any atom is 0.274 e. The molecule has 0 saturated carbocycles. The monoisotopic (exact) mass is 305 g/mol. The molecule has 0 aliphatic carbocycles. The van der Waals surface area contributed by atoms with Crippen molar-refractivity contribution < 1.29 is 19.5 Å². The molecule has 1 unspecified atom stereocenters. The van der Waals surface area contributed by atoms with E-state index in [-0.39, 0.29) is 25.2 Å². The number of hydroxylamine groups is 1. The van der Waals surface area contributed by atoms with Crippen molar-refractivity contribution in [1.29, 1.82) is 0 Å². The zero-order valence-electron chi connectivity index (χ0n) is 12.2. The first-order valence-electron chi connectivity index (χ1n) is 7.39. The predicted molar refractivity (Wildman–Crippen MR) is 79.3 cm³/mol. The van der Waals surface area contributed by atoms with Gasteiger partial charge in [-0.25, -0.2) is 10.5 Å². The van der Waals surface area contributed by atoms with Crippen LogP contribution < -0.4 is 5.48 Å². The molecule has 1 saturated heterocycles. The SMILES string of the molecule is O=C(NOCCO)c1ccc2nc(CC3CCCO3)[nH]c2c1. The molecule has 1 aromatic carbocycles. The van der Waals surface area contributed by atoms with Gasteiger partial charge in [0.25, 0.3) is 5.91 Å². The predicted octanol–water partition coefficient (Wildman–Crippen LogP) is 0.938. The molecule has 0 radical (unpaired) electrons. The molecule has 3 N–H and O–H groups in total. The number of imidazole rings is 1. The van der Waals surface area contributed by atoms with Gasteiger partial charge < -0.3 is 14.8 Å². The summed E-state index contributed by atoms with van der Waals surface area (Å²) < 4.78 is 5.61. The minimum absolute atomic E-state index is 0.0591. The van der Waals surface area contributed by atoms with Gasteiger partial charge in [0.2, 0.25) is 0 Å². The molecular weight excluding hydrogens is 286 g/mol. The summed E-state index contributed by atoms with van der Waals surface area (Å²) in [7, 11) is 0. The summed E-state index contributed by atoms with van der Waals surface area (Å²) in [5.41, 5.74) is 4.38. The Bertz CT molecular complexity index is 649. The Labute approximate surface area is 127 Å². The number of carbonyl (C=O) groups excluding carboxylic acids is 1. The highest BCUT2D eigenvalue weighted by molar-refractivity contribution is 5.96. The molecule has 1 aliphatic rings. The zero-order chi connectivity index (χ0) is 15.4. The summed E-state index contributed by atoms with van der Waals surface area (Å²) in [5, 5.41) is 8.61. The van der Waals surface area contributed by atoms with E-state index in [0.29, 0.717) is 5.56 Å². The summed E-state index contributed by atoms with van der Waals surface area (Å²) in [6, 6.07) is 5.22. The zero-order valence-corrected chi connectivity index (χ0v) is 12.2. The number of rotatable bonds is 6. The van der Waals surface area contributed by atoms with E-state index in [1.807, 2.05) is 0 Å². The molecule has 0 bridgehead atoms. The van der Waals surface area contributed by atoms with Crippen LogP contribution in [0, 0.1) is 0 Å². The van der Waals surface area contributed by atoms with Crippen molar-refractivity contribution in [2.75, 3.05) is 19.8 Å². The van der Waals surface area contributed by atoms with Crippen molar-refractivity contribution in [3.8, 4) is 0 Å². The molecule has 7 nitrogen and oxygen atoms in total. The number of fused-ring (bicyclic) bond motifs is 1. The molecule has 2 aromatic rings. The summed E-state index contributed by atoms with van der Waals surface area (Å²) >= 11 is 0. The van der Waals surface area contributed by atoms with Crippen molar-refractivity contribution in [2.24, 2.45) is 0 Å². The first-order chi connectivity index (χ1) is 10.8. The Morgan fingerprint density at radius 1 is 1.55 bits per heavy atom. The van der Waals surface area contributed by atoms with Gasteiger partial charge in [0.1, 0.15) is 5.82 Å². The van der Waals surface area contributed by atoms with Gasteiger partial charge in [0.15, 0.2) is 0 Å². The number of aromatic amines is 1. The first kappa shape index (κ1) is 15.0. The Morgan fingerprint density at radius 2 is 2.45 bits per heavy atom. The average molecular weight is 305 g/mol. The van der Waals surface area contributed by atoms with E-state index in [1.165, 1.54) is 0 Å². The topological polar surface area (TPSA) is 96.5 Å². The molecule has 1 aliphatic heterocycles. The van der Waals surface area contributed by atoms with E-state index < -0.39 is 0 Å². The van der Waals surface area contributed by atoms with E-state index in [2.05, 4.69) is 15.4 Å². The molecule has 118 valence electrons. The highest BCUT2D eigenvalue weighted by Gasteiger charge is 2.18. The highest BCUT2D eigenvalue weighted by atomic mass is 16.7. The lowest BCUT2D eigenvalue weighted by Crippen LogP contribution is -2.25. The second-order valence-electron chi connectivity index (χ2n) is 5.26. The van der Waals surface area contributed by atoms with Gasteiger partial charge in [-0.15, -0.1) is 0 Å². The van der Waals surface area contributed by atoms with Crippen LogP contribution in [0.4, 0.5) is 0 Å². The summed E-state index contributed by atoms with van der Waals surface area (Å²) in [6.07, 6.45) is 3.15. The Hall–Kier alpha value is -1.96. The fourth-order valence-electron chi connectivity index (χ4n) is 2.54. The van der Waals surface area contributed by atoms with Gasteiger partial charge in [-0.05, 0) is 31.0 Å². The average Bonchev–Trinajstić information content (AvgIpc) is 3.15. The van der Waals surface area contributed by atoms with E-state index >= 15 is 0 Å². The minimum Gasteiger partial charge on any atom is -0.394 e. The van der Waals surface area contributed by atoms with Crippen molar-refractivity contribution in [3.05, 3.63) is 29.6 Å². The maximum atomic E-state index is 11.9. The van der Waals surface area contributed by atoms with Crippen molar-refractivity contribution in [2.45, 2.75) is 25.4 Å². The molecule has 1 aromatic heterocycles. The van der Waals surface area contributed by atoms with Gasteiger partial charge in [0.05, 0.1) is 30.4 Å². The lowest BCUT2D eigenvalue weighted by molar-refractivity contribution is 0.0168. The van der Waals surface area contributed by atoms with Gasteiger partial charge in [-0.2, -0.15) is 0 Å². The fourth-order valence-corrected chi connectivity index (χ4v) is 2.54. The van der Waals surface area contributed by atoms with E-state index in [4.69, 9.17) is 14.7 Å². The number of aliphatic hydroxyl groups excluding tert-OH is 1. The van der Waals surface area contributed by atoms with Crippen LogP contribution in [0.5, 0.6) is 0 Å². The number of aliphatic hydroxyl groups is 1.